The van der Waals surface area contributed by atoms with Crippen LogP contribution in [0.3, 0.4) is 0 Å². The Balaban J connectivity index is 1.81. The standard InChI is InChI=1S/C14H18N4O/c1-18-13(8-10-17-18)14(19)16-9-7-12(15)11-5-3-2-4-6-11/h2-6,8,10,12H,7,9,15H2,1H3,(H,16,19). The van der Waals surface area contributed by atoms with E-state index in [1.807, 2.05) is 30.3 Å². The van der Waals surface area contributed by atoms with Gasteiger partial charge in [-0.25, -0.2) is 0 Å². The molecule has 0 fully saturated rings. The van der Waals surface area contributed by atoms with Crippen molar-refractivity contribution in [2.45, 2.75) is 12.5 Å². The van der Waals surface area contributed by atoms with E-state index in [-0.39, 0.29) is 11.9 Å². The summed E-state index contributed by atoms with van der Waals surface area (Å²) in [6, 6.07) is 11.5. The van der Waals surface area contributed by atoms with E-state index in [1.165, 1.54) is 0 Å². The lowest BCUT2D eigenvalue weighted by Crippen LogP contribution is -2.28. The molecule has 19 heavy (non-hydrogen) atoms. The van der Waals surface area contributed by atoms with Crippen molar-refractivity contribution >= 4 is 5.91 Å². The number of nitrogens with zero attached hydrogens (tertiary/aromatic N) is 2. The minimum Gasteiger partial charge on any atom is -0.351 e. The summed E-state index contributed by atoms with van der Waals surface area (Å²) < 4.78 is 1.55. The molecular formula is C14H18N4O. The van der Waals surface area contributed by atoms with Crippen molar-refractivity contribution in [1.82, 2.24) is 15.1 Å². The van der Waals surface area contributed by atoms with Gasteiger partial charge in [-0.3, -0.25) is 9.48 Å². The van der Waals surface area contributed by atoms with Crippen molar-refractivity contribution in [1.29, 1.82) is 0 Å². The van der Waals surface area contributed by atoms with Gasteiger partial charge in [0.15, 0.2) is 0 Å². The van der Waals surface area contributed by atoms with Gasteiger partial charge in [-0.05, 0) is 18.1 Å². The molecule has 2 aromatic rings. The number of carbonyl (C=O) groups is 1. The van der Waals surface area contributed by atoms with Crippen LogP contribution in [0.2, 0.25) is 0 Å². The fraction of sp³-hybridized carbons (Fsp3) is 0.286. The lowest BCUT2D eigenvalue weighted by Gasteiger charge is -2.12. The van der Waals surface area contributed by atoms with Crippen LogP contribution < -0.4 is 11.1 Å². The highest BCUT2D eigenvalue weighted by Crippen LogP contribution is 2.12. The van der Waals surface area contributed by atoms with E-state index in [0.717, 1.165) is 5.56 Å². The summed E-state index contributed by atoms with van der Waals surface area (Å²) in [5.41, 5.74) is 7.69. The third-order valence-corrected chi connectivity index (χ3v) is 3.02. The molecule has 0 aliphatic rings. The Labute approximate surface area is 112 Å². The number of nitrogens with one attached hydrogen (secondary N) is 1. The van der Waals surface area contributed by atoms with Crippen molar-refractivity contribution in [2.24, 2.45) is 12.8 Å². The third-order valence-electron chi connectivity index (χ3n) is 3.02. The molecule has 1 aromatic carbocycles. The number of aryl methyl sites for hydroxylation is 1. The Morgan fingerprint density at radius 2 is 2.11 bits per heavy atom. The monoisotopic (exact) mass is 258 g/mol. The Morgan fingerprint density at radius 1 is 1.37 bits per heavy atom. The Bertz CT molecular complexity index is 535. The van der Waals surface area contributed by atoms with E-state index in [0.29, 0.717) is 18.7 Å². The fourth-order valence-corrected chi connectivity index (χ4v) is 1.90. The lowest BCUT2D eigenvalue weighted by molar-refractivity contribution is 0.0943. The number of hydrogen-bond donors (Lipinski definition) is 2. The van der Waals surface area contributed by atoms with Crippen LogP contribution in [-0.2, 0) is 7.05 Å². The van der Waals surface area contributed by atoms with E-state index >= 15 is 0 Å². The molecule has 1 atom stereocenters. The summed E-state index contributed by atoms with van der Waals surface area (Å²) in [7, 11) is 1.74. The molecule has 0 spiro atoms. The second kappa shape index (κ2) is 6.15. The second-order valence-corrected chi connectivity index (χ2v) is 4.40. The first kappa shape index (κ1) is 13.3. The van der Waals surface area contributed by atoms with Gasteiger partial charge in [-0.2, -0.15) is 5.10 Å². The molecule has 1 unspecified atom stereocenters. The zero-order valence-electron chi connectivity index (χ0n) is 10.9. The van der Waals surface area contributed by atoms with Gasteiger partial charge >= 0.3 is 0 Å². The number of hydrogen-bond acceptors (Lipinski definition) is 3. The smallest absolute Gasteiger partial charge is 0.269 e. The van der Waals surface area contributed by atoms with E-state index in [9.17, 15) is 4.79 Å². The minimum absolute atomic E-state index is 0.0620. The number of rotatable bonds is 5. The van der Waals surface area contributed by atoms with Crippen molar-refractivity contribution < 1.29 is 4.79 Å². The summed E-state index contributed by atoms with van der Waals surface area (Å²) in [5.74, 6) is -0.125. The average molecular weight is 258 g/mol. The minimum atomic E-state index is -0.125. The Morgan fingerprint density at radius 3 is 2.74 bits per heavy atom. The molecule has 5 nitrogen and oxygen atoms in total. The van der Waals surface area contributed by atoms with E-state index in [2.05, 4.69) is 10.4 Å². The molecule has 0 bridgehead atoms. The van der Waals surface area contributed by atoms with Crippen LogP contribution in [0.1, 0.15) is 28.5 Å². The van der Waals surface area contributed by atoms with Gasteiger partial charge in [0.1, 0.15) is 5.69 Å². The first-order chi connectivity index (χ1) is 9.18. The highest BCUT2D eigenvalue weighted by Gasteiger charge is 2.10. The molecule has 2 rings (SSSR count). The molecule has 0 radical (unpaired) electrons. The Hall–Kier alpha value is -2.14. The molecule has 1 aromatic heterocycles. The van der Waals surface area contributed by atoms with Crippen molar-refractivity contribution in [3.63, 3.8) is 0 Å². The van der Waals surface area contributed by atoms with Crippen molar-refractivity contribution in [3.8, 4) is 0 Å². The number of nitrogens with two attached hydrogens (primary N) is 1. The molecule has 5 heteroatoms. The van der Waals surface area contributed by atoms with Gasteiger partial charge in [-0.1, -0.05) is 30.3 Å². The molecular weight excluding hydrogens is 240 g/mol. The average Bonchev–Trinajstić information content (AvgIpc) is 2.86. The molecule has 0 aliphatic heterocycles. The van der Waals surface area contributed by atoms with E-state index in [4.69, 9.17) is 5.73 Å². The summed E-state index contributed by atoms with van der Waals surface area (Å²) in [5, 5.41) is 6.81. The van der Waals surface area contributed by atoms with E-state index in [1.54, 1.807) is 24.0 Å². The predicted octanol–water partition coefficient (Wildman–Crippen LogP) is 1.24. The molecule has 3 N–H and O–H groups in total. The quantitative estimate of drug-likeness (QED) is 0.847. The molecule has 100 valence electrons. The van der Waals surface area contributed by atoms with Gasteiger partial charge < -0.3 is 11.1 Å². The second-order valence-electron chi connectivity index (χ2n) is 4.40. The van der Waals surface area contributed by atoms with Gasteiger partial charge in [0, 0.05) is 25.8 Å². The first-order valence-electron chi connectivity index (χ1n) is 6.25. The van der Waals surface area contributed by atoms with Gasteiger partial charge in [0.2, 0.25) is 0 Å². The first-order valence-corrected chi connectivity index (χ1v) is 6.25. The maximum absolute atomic E-state index is 11.8. The van der Waals surface area contributed by atoms with Crippen molar-refractivity contribution in [2.75, 3.05) is 6.54 Å². The van der Waals surface area contributed by atoms with Gasteiger partial charge in [0.05, 0.1) is 0 Å². The van der Waals surface area contributed by atoms with Crippen LogP contribution >= 0.6 is 0 Å². The van der Waals surface area contributed by atoms with Crippen LogP contribution in [0, 0.1) is 0 Å². The molecule has 0 saturated heterocycles. The molecule has 1 amide bonds. The summed E-state index contributed by atoms with van der Waals surface area (Å²) in [6.07, 6.45) is 2.30. The van der Waals surface area contributed by atoms with Crippen LogP contribution in [0.15, 0.2) is 42.6 Å². The third kappa shape index (κ3) is 3.42. The van der Waals surface area contributed by atoms with Crippen molar-refractivity contribution in [3.05, 3.63) is 53.9 Å². The highest BCUT2D eigenvalue weighted by atomic mass is 16.2. The number of carbonyl (C=O) groups excluding carboxylic acids is 1. The largest absolute Gasteiger partial charge is 0.351 e. The molecule has 1 heterocycles. The summed E-state index contributed by atoms with van der Waals surface area (Å²) >= 11 is 0. The topological polar surface area (TPSA) is 72.9 Å². The van der Waals surface area contributed by atoms with Gasteiger partial charge in [-0.15, -0.1) is 0 Å². The number of benzene rings is 1. The van der Waals surface area contributed by atoms with E-state index < -0.39 is 0 Å². The Kier molecular flexibility index (Phi) is 4.30. The predicted molar refractivity (Wildman–Crippen MR) is 73.5 cm³/mol. The van der Waals surface area contributed by atoms with Crippen LogP contribution in [0.25, 0.3) is 0 Å². The number of aromatic nitrogens is 2. The maximum Gasteiger partial charge on any atom is 0.269 e. The summed E-state index contributed by atoms with van der Waals surface area (Å²) in [4.78, 5) is 11.8. The maximum atomic E-state index is 11.8. The molecule has 0 aliphatic carbocycles. The van der Waals surface area contributed by atoms with Gasteiger partial charge in [0.25, 0.3) is 5.91 Å². The van der Waals surface area contributed by atoms with Crippen LogP contribution in [-0.4, -0.2) is 22.2 Å². The fourth-order valence-electron chi connectivity index (χ4n) is 1.90. The normalized spacial score (nSPS) is 12.1. The molecule has 0 saturated carbocycles. The number of amides is 1. The summed E-state index contributed by atoms with van der Waals surface area (Å²) in [6.45, 7) is 0.542. The highest BCUT2D eigenvalue weighted by molar-refractivity contribution is 5.92. The lowest BCUT2D eigenvalue weighted by atomic mass is 10.1. The van der Waals surface area contributed by atoms with Crippen LogP contribution in [0.4, 0.5) is 0 Å². The SMILES string of the molecule is Cn1nccc1C(=O)NCCC(N)c1ccccc1. The zero-order chi connectivity index (χ0) is 13.7. The van der Waals surface area contributed by atoms with Crippen LogP contribution in [0.5, 0.6) is 0 Å². The zero-order valence-corrected chi connectivity index (χ0v) is 10.9.